The van der Waals surface area contributed by atoms with Crippen molar-refractivity contribution in [2.24, 2.45) is 0 Å². The normalized spacial score (nSPS) is 27.4. The Balaban J connectivity index is 1.38. The monoisotopic (exact) mass is 318 g/mol. The van der Waals surface area contributed by atoms with Gasteiger partial charge in [0.05, 0.1) is 11.7 Å². The van der Waals surface area contributed by atoms with Crippen LogP contribution >= 0.6 is 0 Å². The molecule has 2 bridgehead atoms. The summed E-state index contributed by atoms with van der Waals surface area (Å²) in [5, 5.41) is 3.52. The van der Waals surface area contributed by atoms with Gasteiger partial charge in [0.15, 0.2) is 0 Å². The largest absolute Gasteiger partial charge is 0.351 e. The lowest BCUT2D eigenvalue weighted by molar-refractivity contribution is 0.726. The fourth-order valence-electron chi connectivity index (χ4n) is 4.46. The fraction of sp³-hybridized carbons (Fsp3) is 0.500. The van der Waals surface area contributed by atoms with Crippen LogP contribution in [-0.2, 0) is 0 Å². The standard InChI is InChI=1S/C20H22N4/c1-2-4-16-15(3-1)13-9-18(16)24(11-13)19-10-17(12-5-6-12)22-20(23-19)21-14-7-8-14/h1-4,10,12-14,18H,5-9,11H2,(H,21,22,23)/t13-,18+/m0/s1. The van der Waals surface area contributed by atoms with Gasteiger partial charge in [-0.25, -0.2) is 4.98 Å². The van der Waals surface area contributed by atoms with Gasteiger partial charge in [0.25, 0.3) is 0 Å². The molecule has 6 rings (SSSR count). The third-order valence-corrected chi connectivity index (χ3v) is 6.03. The number of hydrogen-bond acceptors (Lipinski definition) is 4. The molecule has 1 aromatic carbocycles. The number of anilines is 2. The van der Waals surface area contributed by atoms with E-state index in [2.05, 4.69) is 40.5 Å². The van der Waals surface area contributed by atoms with Gasteiger partial charge in [0.1, 0.15) is 5.82 Å². The smallest absolute Gasteiger partial charge is 0.225 e. The first kappa shape index (κ1) is 13.2. The maximum atomic E-state index is 4.90. The number of rotatable bonds is 4. The van der Waals surface area contributed by atoms with Crippen LogP contribution in [0.5, 0.6) is 0 Å². The quantitative estimate of drug-likeness (QED) is 0.926. The number of hydrogen-bond donors (Lipinski definition) is 1. The fourth-order valence-corrected chi connectivity index (χ4v) is 4.46. The van der Waals surface area contributed by atoms with E-state index in [1.807, 2.05) is 0 Å². The van der Waals surface area contributed by atoms with Crippen LogP contribution < -0.4 is 10.2 Å². The minimum atomic E-state index is 0.502. The van der Waals surface area contributed by atoms with E-state index >= 15 is 0 Å². The highest BCUT2D eigenvalue weighted by Crippen LogP contribution is 2.51. The predicted octanol–water partition coefficient (Wildman–Crippen LogP) is 3.98. The van der Waals surface area contributed by atoms with Gasteiger partial charge in [0, 0.05) is 30.5 Å². The topological polar surface area (TPSA) is 41.1 Å². The zero-order valence-electron chi connectivity index (χ0n) is 13.8. The Bertz CT molecular complexity index is 809. The number of aromatic nitrogens is 2. The van der Waals surface area contributed by atoms with Crippen molar-refractivity contribution in [3.63, 3.8) is 0 Å². The van der Waals surface area contributed by atoms with E-state index in [-0.39, 0.29) is 0 Å². The molecule has 1 N–H and O–H groups in total. The van der Waals surface area contributed by atoms with E-state index in [4.69, 9.17) is 9.97 Å². The van der Waals surface area contributed by atoms with Crippen LogP contribution in [-0.4, -0.2) is 22.6 Å². The zero-order valence-corrected chi connectivity index (χ0v) is 13.8. The first-order chi connectivity index (χ1) is 11.8. The van der Waals surface area contributed by atoms with Crippen LogP contribution in [0.25, 0.3) is 0 Å². The molecule has 122 valence electrons. The molecule has 0 radical (unpaired) electrons. The average Bonchev–Trinajstić information content (AvgIpc) is 3.54. The van der Waals surface area contributed by atoms with Crippen molar-refractivity contribution in [3.8, 4) is 0 Å². The Morgan fingerprint density at radius 3 is 2.58 bits per heavy atom. The molecule has 4 aliphatic rings. The molecule has 4 heteroatoms. The van der Waals surface area contributed by atoms with Crippen LogP contribution in [0.3, 0.4) is 0 Å². The van der Waals surface area contributed by atoms with E-state index in [1.54, 1.807) is 5.56 Å². The molecular weight excluding hydrogens is 296 g/mol. The number of nitrogens with zero attached hydrogens (tertiary/aromatic N) is 3. The lowest BCUT2D eigenvalue weighted by Crippen LogP contribution is -2.28. The van der Waals surface area contributed by atoms with Gasteiger partial charge < -0.3 is 10.2 Å². The molecule has 3 fully saturated rings. The van der Waals surface area contributed by atoms with Crippen LogP contribution in [0.1, 0.15) is 66.8 Å². The highest BCUT2D eigenvalue weighted by atomic mass is 15.3. The molecule has 0 unspecified atom stereocenters. The predicted molar refractivity (Wildman–Crippen MR) is 94.5 cm³/mol. The number of fused-ring (bicyclic) bond motifs is 5. The van der Waals surface area contributed by atoms with Crippen LogP contribution in [0.15, 0.2) is 30.3 Å². The lowest BCUT2D eigenvalue weighted by atomic mass is 9.99. The zero-order chi connectivity index (χ0) is 15.7. The molecule has 2 saturated carbocycles. The van der Waals surface area contributed by atoms with E-state index in [0.29, 0.717) is 23.9 Å². The van der Waals surface area contributed by atoms with Crippen molar-refractivity contribution in [1.82, 2.24) is 9.97 Å². The van der Waals surface area contributed by atoms with E-state index in [0.717, 1.165) is 18.3 Å². The maximum Gasteiger partial charge on any atom is 0.225 e. The van der Waals surface area contributed by atoms with E-state index in [1.165, 1.54) is 43.4 Å². The van der Waals surface area contributed by atoms with Crippen LogP contribution in [0.2, 0.25) is 0 Å². The molecule has 2 atom stereocenters. The Kier molecular flexibility index (Phi) is 2.60. The molecular formula is C20H22N4. The van der Waals surface area contributed by atoms with Crippen LogP contribution in [0, 0.1) is 0 Å². The molecule has 2 heterocycles. The van der Waals surface area contributed by atoms with Gasteiger partial charge in [0.2, 0.25) is 5.95 Å². The molecule has 1 aliphatic heterocycles. The summed E-state index contributed by atoms with van der Waals surface area (Å²) in [7, 11) is 0. The van der Waals surface area contributed by atoms with E-state index < -0.39 is 0 Å². The molecule has 0 amide bonds. The summed E-state index contributed by atoms with van der Waals surface area (Å²) in [6, 6.07) is 12.3. The summed E-state index contributed by atoms with van der Waals surface area (Å²) in [5.41, 5.74) is 4.32. The van der Waals surface area contributed by atoms with Gasteiger partial charge in [-0.1, -0.05) is 24.3 Å². The number of benzene rings is 1. The second-order valence-corrected chi connectivity index (χ2v) is 7.90. The van der Waals surface area contributed by atoms with Crippen LogP contribution in [0.4, 0.5) is 11.8 Å². The Hall–Kier alpha value is -2.10. The Morgan fingerprint density at radius 1 is 0.958 bits per heavy atom. The highest BCUT2D eigenvalue weighted by Gasteiger charge is 2.43. The van der Waals surface area contributed by atoms with Gasteiger partial charge in [-0.15, -0.1) is 0 Å². The van der Waals surface area contributed by atoms with Crippen molar-refractivity contribution in [1.29, 1.82) is 0 Å². The van der Waals surface area contributed by atoms with Gasteiger partial charge in [-0.05, 0) is 43.2 Å². The lowest BCUT2D eigenvalue weighted by Gasteiger charge is -2.30. The SMILES string of the molecule is c1ccc2c(c1)[C@H]1C[C@H]2N(c2cc(C3CC3)nc(NC3CC3)n2)C1. The number of nitrogens with one attached hydrogen (secondary N) is 1. The van der Waals surface area contributed by atoms with E-state index in [9.17, 15) is 0 Å². The van der Waals surface area contributed by atoms with Gasteiger partial charge >= 0.3 is 0 Å². The van der Waals surface area contributed by atoms with Crippen molar-refractivity contribution in [2.45, 2.75) is 56.0 Å². The molecule has 1 saturated heterocycles. The van der Waals surface area contributed by atoms with Crippen molar-refractivity contribution in [2.75, 3.05) is 16.8 Å². The maximum absolute atomic E-state index is 4.90. The summed E-state index contributed by atoms with van der Waals surface area (Å²) in [5.74, 6) is 3.33. The summed E-state index contributed by atoms with van der Waals surface area (Å²) < 4.78 is 0. The first-order valence-electron chi connectivity index (χ1n) is 9.36. The molecule has 4 nitrogen and oxygen atoms in total. The highest BCUT2D eigenvalue weighted by molar-refractivity contribution is 5.56. The minimum Gasteiger partial charge on any atom is -0.351 e. The Morgan fingerprint density at radius 2 is 1.79 bits per heavy atom. The summed E-state index contributed by atoms with van der Waals surface area (Å²) >= 11 is 0. The molecule has 2 aromatic rings. The minimum absolute atomic E-state index is 0.502. The van der Waals surface area contributed by atoms with Crippen molar-refractivity contribution in [3.05, 3.63) is 47.2 Å². The average molecular weight is 318 g/mol. The molecule has 3 aliphatic carbocycles. The van der Waals surface area contributed by atoms with Crippen molar-refractivity contribution < 1.29 is 0 Å². The van der Waals surface area contributed by atoms with Gasteiger partial charge in [-0.2, -0.15) is 4.98 Å². The van der Waals surface area contributed by atoms with Gasteiger partial charge in [-0.3, -0.25) is 0 Å². The van der Waals surface area contributed by atoms with Crippen molar-refractivity contribution >= 4 is 11.8 Å². The summed E-state index contributed by atoms with van der Waals surface area (Å²) in [6.45, 7) is 1.10. The Labute approximate surface area is 142 Å². The molecule has 1 aromatic heterocycles. The third-order valence-electron chi connectivity index (χ3n) is 6.03. The second kappa shape index (κ2) is 4.71. The first-order valence-corrected chi connectivity index (χ1v) is 9.36. The molecule has 24 heavy (non-hydrogen) atoms. The molecule has 0 spiro atoms. The summed E-state index contributed by atoms with van der Waals surface area (Å²) in [4.78, 5) is 12.2. The third kappa shape index (κ3) is 2.05. The second-order valence-electron chi connectivity index (χ2n) is 7.90. The summed E-state index contributed by atoms with van der Waals surface area (Å²) in [6.07, 6.45) is 6.33.